The van der Waals surface area contributed by atoms with Gasteiger partial charge in [0.15, 0.2) is 0 Å². The number of allylic oxidation sites excluding steroid dienone is 4. The molecular formula is C18H22Cl2. The van der Waals surface area contributed by atoms with Gasteiger partial charge in [-0.15, -0.1) is 23.2 Å². The SMILES string of the molecule is CC(C)(C)C1(CCl)C(CCl)=CC=CC1c1ccccc1. The maximum Gasteiger partial charge on any atom is 0.0443 e. The highest BCUT2D eigenvalue weighted by atomic mass is 35.5. The van der Waals surface area contributed by atoms with Crippen LogP contribution >= 0.6 is 23.2 Å². The van der Waals surface area contributed by atoms with Crippen LogP contribution in [0.25, 0.3) is 0 Å². The van der Waals surface area contributed by atoms with E-state index >= 15 is 0 Å². The summed E-state index contributed by atoms with van der Waals surface area (Å²) < 4.78 is 0. The number of hydrogen-bond donors (Lipinski definition) is 0. The quantitative estimate of drug-likeness (QED) is 0.621. The van der Waals surface area contributed by atoms with E-state index < -0.39 is 0 Å². The molecule has 20 heavy (non-hydrogen) atoms. The molecule has 0 radical (unpaired) electrons. The fraction of sp³-hybridized carbons (Fsp3) is 0.444. The Labute approximate surface area is 132 Å². The molecule has 1 aliphatic carbocycles. The summed E-state index contributed by atoms with van der Waals surface area (Å²) in [5.74, 6) is 1.36. The van der Waals surface area contributed by atoms with E-state index in [1.807, 2.05) is 6.07 Å². The molecule has 0 N–H and O–H groups in total. The third-order valence-corrected chi connectivity index (χ3v) is 5.27. The van der Waals surface area contributed by atoms with Crippen molar-refractivity contribution in [2.75, 3.05) is 11.8 Å². The number of hydrogen-bond acceptors (Lipinski definition) is 0. The fourth-order valence-electron chi connectivity index (χ4n) is 3.33. The first kappa shape index (κ1) is 15.7. The molecule has 0 aromatic heterocycles. The molecule has 2 heteroatoms. The highest BCUT2D eigenvalue weighted by Crippen LogP contribution is 2.57. The van der Waals surface area contributed by atoms with Gasteiger partial charge in [0.2, 0.25) is 0 Å². The van der Waals surface area contributed by atoms with E-state index in [4.69, 9.17) is 23.2 Å². The second-order valence-electron chi connectivity index (χ2n) is 6.45. The van der Waals surface area contributed by atoms with E-state index in [1.165, 1.54) is 11.1 Å². The molecule has 1 aromatic carbocycles. The van der Waals surface area contributed by atoms with Crippen molar-refractivity contribution >= 4 is 23.2 Å². The second-order valence-corrected chi connectivity index (χ2v) is 6.99. The zero-order valence-electron chi connectivity index (χ0n) is 12.4. The third kappa shape index (κ3) is 2.44. The minimum absolute atomic E-state index is 0.0285. The number of rotatable bonds is 3. The normalized spacial score (nSPS) is 26.4. The van der Waals surface area contributed by atoms with Gasteiger partial charge in [-0.1, -0.05) is 69.3 Å². The molecule has 2 atom stereocenters. The van der Waals surface area contributed by atoms with Crippen LogP contribution in [0.5, 0.6) is 0 Å². The average molecular weight is 309 g/mol. The molecule has 0 spiro atoms. The monoisotopic (exact) mass is 308 g/mol. The number of halogens is 2. The van der Waals surface area contributed by atoms with Crippen LogP contribution in [0.15, 0.2) is 54.1 Å². The number of alkyl halides is 2. The largest absolute Gasteiger partial charge is 0.126 e. The van der Waals surface area contributed by atoms with Crippen molar-refractivity contribution in [2.24, 2.45) is 10.8 Å². The zero-order chi connectivity index (χ0) is 14.8. The summed E-state index contributed by atoms with van der Waals surface area (Å²) in [5.41, 5.74) is 2.42. The molecule has 2 unspecified atom stereocenters. The van der Waals surface area contributed by atoms with Crippen LogP contribution in [0.4, 0.5) is 0 Å². The highest BCUT2D eigenvalue weighted by molar-refractivity contribution is 6.21. The van der Waals surface area contributed by atoms with Crippen LogP contribution in [0.1, 0.15) is 32.3 Å². The summed E-state index contributed by atoms with van der Waals surface area (Å²) in [6.45, 7) is 6.76. The van der Waals surface area contributed by atoms with Gasteiger partial charge in [0, 0.05) is 23.1 Å². The van der Waals surface area contributed by atoms with Gasteiger partial charge in [0.1, 0.15) is 0 Å². The first-order valence-electron chi connectivity index (χ1n) is 7.02. The summed E-state index contributed by atoms with van der Waals surface area (Å²) in [5, 5.41) is 0. The van der Waals surface area contributed by atoms with Crippen molar-refractivity contribution in [3.05, 3.63) is 59.7 Å². The predicted octanol–water partition coefficient (Wildman–Crippen LogP) is 5.78. The van der Waals surface area contributed by atoms with Crippen LogP contribution in [0.2, 0.25) is 0 Å². The van der Waals surface area contributed by atoms with E-state index in [9.17, 15) is 0 Å². The molecule has 0 fully saturated rings. The van der Waals surface area contributed by atoms with Gasteiger partial charge < -0.3 is 0 Å². The number of benzene rings is 1. The third-order valence-electron chi connectivity index (χ3n) is 4.56. The predicted molar refractivity (Wildman–Crippen MR) is 89.7 cm³/mol. The smallest absolute Gasteiger partial charge is 0.0443 e. The van der Waals surface area contributed by atoms with Crippen LogP contribution < -0.4 is 0 Å². The molecule has 0 nitrogen and oxygen atoms in total. The summed E-state index contributed by atoms with van der Waals surface area (Å²) in [7, 11) is 0. The minimum Gasteiger partial charge on any atom is -0.126 e. The van der Waals surface area contributed by atoms with E-state index in [2.05, 4.69) is 63.3 Å². The average Bonchev–Trinajstić information content (AvgIpc) is 2.45. The van der Waals surface area contributed by atoms with Gasteiger partial charge >= 0.3 is 0 Å². The Morgan fingerprint density at radius 3 is 2.25 bits per heavy atom. The molecule has 108 valence electrons. The van der Waals surface area contributed by atoms with Crippen molar-refractivity contribution in [1.82, 2.24) is 0 Å². The van der Waals surface area contributed by atoms with Gasteiger partial charge in [0.05, 0.1) is 0 Å². The van der Waals surface area contributed by atoms with Crippen LogP contribution in [0, 0.1) is 10.8 Å². The summed E-state index contributed by atoms with van der Waals surface area (Å²) in [6, 6.07) is 10.6. The van der Waals surface area contributed by atoms with Crippen molar-refractivity contribution in [1.29, 1.82) is 0 Å². The van der Waals surface area contributed by atoms with Gasteiger partial charge in [-0.25, -0.2) is 0 Å². The molecule has 0 bridgehead atoms. The van der Waals surface area contributed by atoms with Crippen molar-refractivity contribution < 1.29 is 0 Å². The lowest BCUT2D eigenvalue weighted by molar-refractivity contribution is 0.136. The summed E-state index contributed by atoms with van der Waals surface area (Å²) in [6.07, 6.45) is 6.52. The zero-order valence-corrected chi connectivity index (χ0v) is 13.9. The van der Waals surface area contributed by atoms with E-state index in [0.29, 0.717) is 11.8 Å². The van der Waals surface area contributed by atoms with E-state index in [0.717, 1.165) is 0 Å². The molecule has 1 aromatic rings. The maximum absolute atomic E-state index is 6.51. The highest BCUT2D eigenvalue weighted by Gasteiger charge is 2.50. The summed E-state index contributed by atoms with van der Waals surface area (Å²) >= 11 is 12.7. The standard InChI is InChI=1S/C18H22Cl2/c1-17(2,3)18(13-20)15(12-19)10-7-11-16(18)14-8-5-4-6-9-14/h4-11,16H,12-13H2,1-3H3. The second kappa shape index (κ2) is 5.95. The lowest BCUT2D eigenvalue weighted by atomic mass is 9.54. The molecular weight excluding hydrogens is 287 g/mol. The van der Waals surface area contributed by atoms with Crippen molar-refractivity contribution in [3.8, 4) is 0 Å². The molecule has 0 aliphatic heterocycles. The lowest BCUT2D eigenvalue weighted by Crippen LogP contribution is -2.45. The van der Waals surface area contributed by atoms with E-state index in [-0.39, 0.29) is 16.7 Å². The molecule has 0 saturated heterocycles. The Morgan fingerprint density at radius 2 is 1.75 bits per heavy atom. The Balaban J connectivity index is 2.61. The van der Waals surface area contributed by atoms with Gasteiger partial charge in [-0.2, -0.15) is 0 Å². The van der Waals surface area contributed by atoms with Gasteiger partial charge in [-0.3, -0.25) is 0 Å². The van der Waals surface area contributed by atoms with Gasteiger partial charge in [0.25, 0.3) is 0 Å². The topological polar surface area (TPSA) is 0 Å². The van der Waals surface area contributed by atoms with Crippen LogP contribution in [-0.2, 0) is 0 Å². The Morgan fingerprint density at radius 1 is 1.10 bits per heavy atom. The summed E-state index contributed by atoms with van der Waals surface area (Å²) in [4.78, 5) is 0. The molecule has 1 aliphatic rings. The first-order valence-corrected chi connectivity index (χ1v) is 8.09. The Hall–Kier alpha value is -0.720. The van der Waals surface area contributed by atoms with Crippen LogP contribution in [-0.4, -0.2) is 11.8 Å². The van der Waals surface area contributed by atoms with Gasteiger partial charge in [-0.05, 0) is 16.6 Å². The van der Waals surface area contributed by atoms with E-state index in [1.54, 1.807) is 0 Å². The molecule has 0 saturated carbocycles. The lowest BCUT2D eigenvalue weighted by Gasteiger charge is -2.51. The maximum atomic E-state index is 6.51. The molecule has 0 heterocycles. The Kier molecular flexibility index (Phi) is 4.66. The van der Waals surface area contributed by atoms with Crippen molar-refractivity contribution in [2.45, 2.75) is 26.7 Å². The minimum atomic E-state index is -0.146. The van der Waals surface area contributed by atoms with Crippen LogP contribution in [0.3, 0.4) is 0 Å². The Bertz CT molecular complexity index is 508. The molecule has 0 amide bonds. The molecule has 2 rings (SSSR count). The fourth-order valence-corrected chi connectivity index (χ4v) is 4.40. The first-order chi connectivity index (χ1) is 9.47. The van der Waals surface area contributed by atoms with Crippen molar-refractivity contribution in [3.63, 3.8) is 0 Å².